The second-order valence-electron chi connectivity index (χ2n) is 4.23. The van der Waals surface area contributed by atoms with E-state index in [1.54, 1.807) is 0 Å². The van der Waals surface area contributed by atoms with Crippen molar-refractivity contribution < 1.29 is 9.53 Å². The van der Waals surface area contributed by atoms with Crippen LogP contribution in [0.3, 0.4) is 0 Å². The van der Waals surface area contributed by atoms with Gasteiger partial charge in [-0.05, 0) is 17.8 Å². The number of carbonyl (C=O) groups excluding carboxylic acids is 1. The van der Waals surface area contributed by atoms with E-state index in [1.807, 2.05) is 0 Å². The third-order valence-electron chi connectivity index (χ3n) is 2.37. The van der Waals surface area contributed by atoms with E-state index >= 15 is 0 Å². The fraction of sp³-hybridized carbons (Fsp3) is 0.900. The topological polar surface area (TPSA) is 26.3 Å². The third kappa shape index (κ3) is 4.37. The summed E-state index contributed by atoms with van der Waals surface area (Å²) >= 11 is 0. The van der Waals surface area contributed by atoms with Gasteiger partial charge in [0.15, 0.2) is 0 Å². The van der Waals surface area contributed by atoms with Crippen LogP contribution in [-0.4, -0.2) is 13.1 Å². The van der Waals surface area contributed by atoms with Crippen molar-refractivity contribution in [1.29, 1.82) is 0 Å². The highest BCUT2D eigenvalue weighted by Gasteiger charge is 2.22. The summed E-state index contributed by atoms with van der Waals surface area (Å²) in [6.07, 6.45) is 2.12. The molecule has 0 aliphatic rings. The lowest BCUT2D eigenvalue weighted by Crippen LogP contribution is -2.21. The molecule has 0 aliphatic carbocycles. The Labute approximate surface area is 75.3 Å². The molecule has 1 atom stereocenters. The molecule has 0 aromatic heterocycles. The molecule has 1 unspecified atom stereocenters. The first-order valence-electron chi connectivity index (χ1n) is 4.57. The summed E-state index contributed by atoms with van der Waals surface area (Å²) in [5.41, 5.74) is 0.320. The minimum absolute atomic E-state index is 0.320. The van der Waals surface area contributed by atoms with Crippen molar-refractivity contribution in [3.05, 3.63) is 0 Å². The van der Waals surface area contributed by atoms with E-state index in [0.717, 1.165) is 12.8 Å². The van der Waals surface area contributed by atoms with Gasteiger partial charge in [-0.2, -0.15) is 0 Å². The van der Waals surface area contributed by atoms with E-state index in [1.165, 1.54) is 0 Å². The fourth-order valence-corrected chi connectivity index (χ4v) is 1.51. The van der Waals surface area contributed by atoms with Gasteiger partial charge in [-0.3, -0.25) is 4.79 Å². The first kappa shape index (κ1) is 11.5. The first-order chi connectivity index (χ1) is 5.52. The van der Waals surface area contributed by atoms with Crippen LogP contribution in [0.4, 0.5) is 0 Å². The van der Waals surface area contributed by atoms with Crippen LogP contribution in [0.5, 0.6) is 0 Å². The van der Waals surface area contributed by atoms with Gasteiger partial charge in [-0.1, -0.05) is 34.1 Å². The quantitative estimate of drug-likeness (QED) is 0.470. The summed E-state index contributed by atoms with van der Waals surface area (Å²) < 4.78 is 4.68. The molecular weight excluding hydrogens is 152 g/mol. The lowest BCUT2D eigenvalue weighted by molar-refractivity contribution is -0.129. The summed E-state index contributed by atoms with van der Waals surface area (Å²) in [6.45, 7) is 9.93. The van der Waals surface area contributed by atoms with E-state index in [2.05, 4.69) is 32.4 Å². The van der Waals surface area contributed by atoms with Gasteiger partial charge >= 0.3 is 0 Å². The predicted molar refractivity (Wildman–Crippen MR) is 49.9 cm³/mol. The van der Waals surface area contributed by atoms with Gasteiger partial charge in [-0.25, -0.2) is 0 Å². The van der Waals surface area contributed by atoms with Crippen LogP contribution in [0.25, 0.3) is 0 Å². The maximum Gasteiger partial charge on any atom is 0.293 e. The lowest BCUT2D eigenvalue weighted by atomic mass is 9.77. The van der Waals surface area contributed by atoms with Crippen LogP contribution in [0, 0.1) is 11.3 Å². The van der Waals surface area contributed by atoms with Crippen molar-refractivity contribution in [3.8, 4) is 0 Å². The molecule has 0 bridgehead atoms. The van der Waals surface area contributed by atoms with Crippen LogP contribution in [-0.2, 0) is 9.53 Å². The minimum Gasteiger partial charge on any atom is -0.468 e. The molecule has 2 nitrogen and oxygen atoms in total. The Morgan fingerprint density at radius 1 is 1.42 bits per heavy atom. The normalized spacial score (nSPS) is 14.0. The Bertz CT molecular complexity index is 124. The Morgan fingerprint density at radius 2 is 2.00 bits per heavy atom. The maximum atomic E-state index is 9.90. The Morgan fingerprint density at radius 3 is 2.33 bits per heavy atom. The second kappa shape index (κ2) is 5.18. The maximum absolute atomic E-state index is 9.90. The van der Waals surface area contributed by atoms with Gasteiger partial charge in [0.05, 0.1) is 6.61 Å². The summed E-state index contributed by atoms with van der Waals surface area (Å²) in [7, 11) is 0. The number of hydrogen-bond donors (Lipinski definition) is 0. The van der Waals surface area contributed by atoms with E-state index < -0.39 is 0 Å². The third-order valence-corrected chi connectivity index (χ3v) is 2.37. The standard InChI is InChI=1S/C10H20O2/c1-5-9(10(2,3)4)6-7-12-8-11/h8-9H,5-7H2,1-4H3. The molecule has 12 heavy (non-hydrogen) atoms. The largest absolute Gasteiger partial charge is 0.468 e. The van der Waals surface area contributed by atoms with Crippen LogP contribution in [0.15, 0.2) is 0 Å². The van der Waals surface area contributed by atoms with Crippen molar-refractivity contribution in [1.82, 2.24) is 0 Å². The van der Waals surface area contributed by atoms with Gasteiger partial charge in [0.1, 0.15) is 0 Å². The van der Waals surface area contributed by atoms with Crippen molar-refractivity contribution in [3.63, 3.8) is 0 Å². The zero-order chi connectivity index (χ0) is 9.61. The molecule has 0 fully saturated rings. The summed E-state index contributed by atoms with van der Waals surface area (Å²) in [6, 6.07) is 0. The molecule has 0 radical (unpaired) electrons. The second-order valence-corrected chi connectivity index (χ2v) is 4.23. The van der Waals surface area contributed by atoms with E-state index in [0.29, 0.717) is 24.4 Å². The molecule has 2 heteroatoms. The number of carbonyl (C=O) groups is 1. The van der Waals surface area contributed by atoms with Gasteiger partial charge in [0, 0.05) is 0 Å². The summed E-state index contributed by atoms with van der Waals surface area (Å²) in [5.74, 6) is 0.637. The van der Waals surface area contributed by atoms with Gasteiger partial charge in [0.2, 0.25) is 0 Å². The van der Waals surface area contributed by atoms with Crippen molar-refractivity contribution in [2.75, 3.05) is 6.61 Å². The monoisotopic (exact) mass is 172 g/mol. The zero-order valence-corrected chi connectivity index (χ0v) is 8.59. The Hall–Kier alpha value is -0.530. The molecule has 0 saturated carbocycles. The average molecular weight is 172 g/mol. The molecule has 72 valence electrons. The van der Waals surface area contributed by atoms with Gasteiger partial charge in [0.25, 0.3) is 6.47 Å². The van der Waals surface area contributed by atoms with Crippen molar-refractivity contribution in [2.45, 2.75) is 40.5 Å². The molecule has 0 amide bonds. The lowest BCUT2D eigenvalue weighted by Gasteiger charge is -2.29. The zero-order valence-electron chi connectivity index (χ0n) is 8.59. The highest BCUT2D eigenvalue weighted by Crippen LogP contribution is 2.30. The Balaban J connectivity index is 3.75. The fourth-order valence-electron chi connectivity index (χ4n) is 1.51. The van der Waals surface area contributed by atoms with E-state index in [-0.39, 0.29) is 0 Å². The van der Waals surface area contributed by atoms with Crippen LogP contribution in [0.2, 0.25) is 0 Å². The highest BCUT2D eigenvalue weighted by atomic mass is 16.5. The highest BCUT2D eigenvalue weighted by molar-refractivity contribution is 5.36. The van der Waals surface area contributed by atoms with Gasteiger partial charge < -0.3 is 4.74 Å². The molecule has 0 spiro atoms. The molecule has 0 heterocycles. The Kier molecular flexibility index (Phi) is 4.95. The average Bonchev–Trinajstić information content (AvgIpc) is 1.95. The number of rotatable bonds is 5. The molecular formula is C10H20O2. The van der Waals surface area contributed by atoms with E-state index in [9.17, 15) is 4.79 Å². The summed E-state index contributed by atoms with van der Waals surface area (Å²) in [5, 5.41) is 0. The molecule has 0 aromatic carbocycles. The van der Waals surface area contributed by atoms with Crippen LogP contribution < -0.4 is 0 Å². The summed E-state index contributed by atoms with van der Waals surface area (Å²) in [4.78, 5) is 9.90. The smallest absolute Gasteiger partial charge is 0.293 e. The molecule has 0 saturated heterocycles. The first-order valence-corrected chi connectivity index (χ1v) is 4.57. The van der Waals surface area contributed by atoms with Gasteiger partial charge in [-0.15, -0.1) is 0 Å². The number of hydrogen-bond acceptors (Lipinski definition) is 2. The molecule has 0 aromatic rings. The predicted octanol–water partition coefficient (Wildman–Crippen LogP) is 2.62. The minimum atomic E-state index is 0.320. The van der Waals surface area contributed by atoms with Crippen LogP contribution >= 0.6 is 0 Å². The molecule has 0 rings (SSSR count). The van der Waals surface area contributed by atoms with Crippen molar-refractivity contribution in [2.24, 2.45) is 11.3 Å². The van der Waals surface area contributed by atoms with Crippen molar-refractivity contribution >= 4 is 6.47 Å². The number of ether oxygens (including phenoxy) is 1. The SMILES string of the molecule is CCC(CCOC=O)C(C)(C)C. The molecule has 0 N–H and O–H groups in total. The van der Waals surface area contributed by atoms with E-state index in [4.69, 9.17) is 0 Å². The molecule has 0 aliphatic heterocycles. The van der Waals surface area contributed by atoms with Crippen LogP contribution in [0.1, 0.15) is 40.5 Å².